The Morgan fingerprint density at radius 1 is 1.19 bits per heavy atom. The summed E-state index contributed by atoms with van der Waals surface area (Å²) in [4.78, 5) is 27.2. The maximum absolute atomic E-state index is 12.5. The van der Waals surface area contributed by atoms with Gasteiger partial charge in [0.15, 0.2) is 0 Å². The Morgan fingerprint density at radius 2 is 2.06 bits per heavy atom. The highest BCUT2D eigenvalue weighted by Gasteiger charge is 2.13. The summed E-state index contributed by atoms with van der Waals surface area (Å²) >= 11 is 6.32. The maximum Gasteiger partial charge on any atom is 0.274 e. The van der Waals surface area contributed by atoms with Gasteiger partial charge in [0.25, 0.3) is 5.91 Å². The lowest BCUT2D eigenvalue weighted by molar-refractivity contribution is 0.0322. The average Bonchev–Trinajstić information content (AvgIpc) is 2.82. The van der Waals surface area contributed by atoms with Gasteiger partial charge in [0, 0.05) is 31.4 Å². The number of carbonyl (C=O) groups is 1. The van der Waals surface area contributed by atoms with E-state index in [2.05, 4.69) is 25.2 Å². The highest BCUT2D eigenvalue weighted by Crippen LogP contribution is 2.30. The molecule has 1 saturated heterocycles. The van der Waals surface area contributed by atoms with Crippen molar-refractivity contribution in [2.24, 2.45) is 0 Å². The molecule has 1 fully saturated rings. The van der Waals surface area contributed by atoms with Crippen LogP contribution < -0.4 is 10.1 Å². The predicted molar refractivity (Wildman–Crippen MR) is 117 cm³/mol. The number of morpholine rings is 1. The summed E-state index contributed by atoms with van der Waals surface area (Å²) in [7, 11) is 0. The highest BCUT2D eigenvalue weighted by molar-refractivity contribution is 6.32. The smallest absolute Gasteiger partial charge is 0.274 e. The standard InChI is InChI=1S/C22H22ClN5O3/c23-18-4-3-16(12-21(18)31-11-8-28-6-9-30-10-7-28)19-13-20(26-15-25-19)22(29)27-17-2-1-5-24-14-17/h1-5,12-15H,6-11H2,(H,27,29). The largest absolute Gasteiger partial charge is 0.491 e. The summed E-state index contributed by atoms with van der Waals surface area (Å²) in [5.41, 5.74) is 2.22. The van der Waals surface area contributed by atoms with E-state index in [1.807, 2.05) is 12.1 Å². The Bertz CT molecular complexity index is 1030. The van der Waals surface area contributed by atoms with Crippen molar-refractivity contribution in [2.75, 3.05) is 44.8 Å². The number of halogens is 1. The maximum atomic E-state index is 12.5. The number of hydrogen-bond donors (Lipinski definition) is 1. The van der Waals surface area contributed by atoms with Crippen molar-refractivity contribution < 1.29 is 14.3 Å². The zero-order chi connectivity index (χ0) is 21.5. The first-order valence-electron chi connectivity index (χ1n) is 9.95. The zero-order valence-corrected chi connectivity index (χ0v) is 17.6. The van der Waals surface area contributed by atoms with Gasteiger partial charge in [-0.25, -0.2) is 9.97 Å². The number of pyridine rings is 1. The lowest BCUT2D eigenvalue weighted by Gasteiger charge is -2.26. The van der Waals surface area contributed by atoms with E-state index in [1.165, 1.54) is 6.33 Å². The van der Waals surface area contributed by atoms with Crippen molar-refractivity contribution in [3.05, 3.63) is 65.8 Å². The average molecular weight is 440 g/mol. The first kappa shape index (κ1) is 21.2. The van der Waals surface area contributed by atoms with Crippen LogP contribution in [0.15, 0.2) is 55.1 Å². The number of rotatable bonds is 7. The number of carbonyl (C=O) groups excluding carboxylic acids is 1. The van der Waals surface area contributed by atoms with Gasteiger partial charge in [-0.2, -0.15) is 0 Å². The second-order valence-electron chi connectivity index (χ2n) is 6.93. The molecule has 2 aromatic heterocycles. The van der Waals surface area contributed by atoms with Crippen LogP contribution in [0.1, 0.15) is 10.5 Å². The topological polar surface area (TPSA) is 89.5 Å². The number of anilines is 1. The SMILES string of the molecule is O=C(Nc1cccnc1)c1cc(-c2ccc(Cl)c(OCCN3CCOCC3)c2)ncn1. The van der Waals surface area contributed by atoms with Gasteiger partial charge < -0.3 is 14.8 Å². The van der Waals surface area contributed by atoms with Crippen molar-refractivity contribution in [1.82, 2.24) is 19.9 Å². The Labute approximate surface area is 185 Å². The summed E-state index contributed by atoms with van der Waals surface area (Å²) in [5.74, 6) is 0.236. The van der Waals surface area contributed by atoms with Crippen LogP contribution in [0.5, 0.6) is 5.75 Å². The Hall–Kier alpha value is -3.07. The summed E-state index contributed by atoms with van der Waals surface area (Å²) in [6, 6.07) is 10.6. The zero-order valence-electron chi connectivity index (χ0n) is 16.8. The molecular weight excluding hydrogens is 418 g/mol. The third-order valence-corrected chi connectivity index (χ3v) is 5.13. The van der Waals surface area contributed by atoms with Gasteiger partial charge in [-0.05, 0) is 30.3 Å². The molecule has 0 radical (unpaired) electrons. The van der Waals surface area contributed by atoms with Gasteiger partial charge in [0.2, 0.25) is 0 Å². The first-order valence-corrected chi connectivity index (χ1v) is 10.3. The lowest BCUT2D eigenvalue weighted by Crippen LogP contribution is -2.38. The van der Waals surface area contributed by atoms with Crippen LogP contribution in [-0.4, -0.2) is 65.2 Å². The molecule has 1 aliphatic heterocycles. The van der Waals surface area contributed by atoms with Gasteiger partial charge in [-0.1, -0.05) is 17.7 Å². The van der Waals surface area contributed by atoms with E-state index < -0.39 is 0 Å². The summed E-state index contributed by atoms with van der Waals surface area (Å²) < 4.78 is 11.3. The van der Waals surface area contributed by atoms with Crippen LogP contribution in [0.25, 0.3) is 11.3 Å². The van der Waals surface area contributed by atoms with Crippen LogP contribution in [0.3, 0.4) is 0 Å². The van der Waals surface area contributed by atoms with E-state index >= 15 is 0 Å². The van der Waals surface area contributed by atoms with Crippen LogP contribution in [0, 0.1) is 0 Å². The number of ether oxygens (including phenoxy) is 2. The fourth-order valence-electron chi connectivity index (χ4n) is 3.15. The quantitative estimate of drug-likeness (QED) is 0.604. The minimum absolute atomic E-state index is 0.249. The number of nitrogens with one attached hydrogen (secondary N) is 1. The molecule has 160 valence electrons. The fourth-order valence-corrected chi connectivity index (χ4v) is 3.33. The van der Waals surface area contributed by atoms with E-state index in [-0.39, 0.29) is 11.6 Å². The molecule has 1 aliphatic rings. The lowest BCUT2D eigenvalue weighted by atomic mass is 10.1. The van der Waals surface area contributed by atoms with Crippen LogP contribution in [0.4, 0.5) is 5.69 Å². The molecule has 1 aromatic carbocycles. The molecule has 1 N–H and O–H groups in total. The van der Waals surface area contributed by atoms with Gasteiger partial charge in [-0.15, -0.1) is 0 Å². The molecule has 0 bridgehead atoms. The molecule has 3 heterocycles. The van der Waals surface area contributed by atoms with Gasteiger partial charge >= 0.3 is 0 Å². The van der Waals surface area contributed by atoms with E-state index in [1.54, 1.807) is 36.7 Å². The van der Waals surface area contributed by atoms with Crippen LogP contribution in [0.2, 0.25) is 5.02 Å². The van der Waals surface area contributed by atoms with Gasteiger partial charge in [-0.3, -0.25) is 14.7 Å². The minimum Gasteiger partial charge on any atom is -0.491 e. The van der Waals surface area contributed by atoms with E-state index in [9.17, 15) is 4.79 Å². The number of hydrogen-bond acceptors (Lipinski definition) is 7. The third kappa shape index (κ3) is 5.75. The predicted octanol–water partition coefficient (Wildman–Crippen LogP) is 3.16. The molecule has 0 saturated carbocycles. The molecule has 0 atom stereocenters. The number of aromatic nitrogens is 3. The number of benzene rings is 1. The van der Waals surface area contributed by atoms with Crippen molar-refractivity contribution in [3.8, 4) is 17.0 Å². The molecule has 8 nitrogen and oxygen atoms in total. The minimum atomic E-state index is -0.340. The van der Waals surface area contributed by atoms with Crippen molar-refractivity contribution in [1.29, 1.82) is 0 Å². The fraction of sp³-hybridized carbons (Fsp3) is 0.273. The first-order chi connectivity index (χ1) is 15.2. The van der Waals surface area contributed by atoms with Crippen molar-refractivity contribution in [2.45, 2.75) is 0 Å². The molecule has 0 spiro atoms. The molecule has 4 rings (SSSR count). The van der Waals surface area contributed by atoms with Crippen molar-refractivity contribution >= 4 is 23.2 Å². The molecule has 31 heavy (non-hydrogen) atoms. The summed E-state index contributed by atoms with van der Waals surface area (Å²) in [6.45, 7) is 4.63. The monoisotopic (exact) mass is 439 g/mol. The molecule has 9 heteroatoms. The number of nitrogens with zero attached hydrogens (tertiary/aromatic N) is 4. The summed E-state index contributed by atoms with van der Waals surface area (Å²) in [6.07, 6.45) is 4.57. The second-order valence-corrected chi connectivity index (χ2v) is 7.34. The third-order valence-electron chi connectivity index (χ3n) is 4.81. The Morgan fingerprint density at radius 3 is 2.87 bits per heavy atom. The van der Waals surface area contributed by atoms with Gasteiger partial charge in [0.05, 0.1) is 35.8 Å². The number of amides is 1. The molecule has 1 amide bonds. The van der Waals surface area contributed by atoms with Crippen molar-refractivity contribution in [3.63, 3.8) is 0 Å². The molecular formula is C22H22ClN5O3. The Balaban J connectivity index is 1.44. The highest BCUT2D eigenvalue weighted by atomic mass is 35.5. The van der Waals surface area contributed by atoms with E-state index in [4.69, 9.17) is 21.1 Å². The van der Waals surface area contributed by atoms with E-state index in [0.717, 1.165) is 38.4 Å². The molecule has 0 unspecified atom stereocenters. The normalized spacial score (nSPS) is 14.2. The summed E-state index contributed by atoms with van der Waals surface area (Å²) in [5, 5.41) is 3.29. The molecule has 3 aromatic rings. The Kier molecular flexibility index (Phi) is 7.03. The second kappa shape index (κ2) is 10.3. The van der Waals surface area contributed by atoms with Crippen LogP contribution >= 0.6 is 11.6 Å². The molecule has 0 aliphatic carbocycles. The van der Waals surface area contributed by atoms with E-state index in [0.29, 0.717) is 28.8 Å². The van der Waals surface area contributed by atoms with Gasteiger partial charge in [0.1, 0.15) is 24.4 Å². The van der Waals surface area contributed by atoms with Crippen LogP contribution in [-0.2, 0) is 4.74 Å².